The number of aromatic nitrogens is 4. The standard InChI is InChI=1S/C18H19N5OS/c1-3-19-17(24)16(14-7-5-4-6-8-14)25-18-20-21-22-23(18)15-11-9-13(2)10-12-15/h4-12,16H,3H2,1-2H3,(H,19,24). The Kier molecular flexibility index (Phi) is 5.45. The molecule has 0 bridgehead atoms. The van der Waals surface area contributed by atoms with Gasteiger partial charge < -0.3 is 5.32 Å². The molecule has 0 saturated carbocycles. The van der Waals surface area contributed by atoms with E-state index in [-0.39, 0.29) is 5.91 Å². The summed E-state index contributed by atoms with van der Waals surface area (Å²) in [5.41, 5.74) is 2.94. The lowest BCUT2D eigenvalue weighted by molar-refractivity contribution is -0.120. The van der Waals surface area contributed by atoms with E-state index in [0.717, 1.165) is 16.8 Å². The predicted molar refractivity (Wildman–Crippen MR) is 97.6 cm³/mol. The van der Waals surface area contributed by atoms with Crippen LogP contribution in [0.25, 0.3) is 5.69 Å². The molecule has 3 rings (SSSR count). The largest absolute Gasteiger partial charge is 0.355 e. The normalized spacial score (nSPS) is 11.9. The van der Waals surface area contributed by atoms with Gasteiger partial charge in [0.15, 0.2) is 0 Å². The maximum absolute atomic E-state index is 12.6. The second kappa shape index (κ2) is 7.94. The minimum absolute atomic E-state index is 0.0582. The molecule has 128 valence electrons. The second-order valence-corrected chi connectivity index (χ2v) is 6.58. The first kappa shape index (κ1) is 17.2. The molecule has 1 aromatic heterocycles. The molecule has 1 amide bonds. The van der Waals surface area contributed by atoms with Crippen molar-refractivity contribution in [2.24, 2.45) is 0 Å². The molecule has 6 nitrogen and oxygen atoms in total. The van der Waals surface area contributed by atoms with E-state index >= 15 is 0 Å². The smallest absolute Gasteiger partial charge is 0.238 e. The zero-order chi connectivity index (χ0) is 17.6. The van der Waals surface area contributed by atoms with E-state index in [0.29, 0.717) is 11.7 Å². The van der Waals surface area contributed by atoms with E-state index in [4.69, 9.17) is 0 Å². The summed E-state index contributed by atoms with van der Waals surface area (Å²) in [6.45, 7) is 4.51. The zero-order valence-corrected chi connectivity index (χ0v) is 14.9. The lowest BCUT2D eigenvalue weighted by Gasteiger charge is -2.15. The monoisotopic (exact) mass is 353 g/mol. The first-order valence-corrected chi connectivity index (χ1v) is 8.91. The Hall–Kier alpha value is -2.67. The predicted octanol–water partition coefficient (Wildman–Crippen LogP) is 2.94. The molecule has 1 unspecified atom stereocenters. The number of nitrogens with zero attached hydrogens (tertiary/aromatic N) is 4. The summed E-state index contributed by atoms with van der Waals surface area (Å²) in [6.07, 6.45) is 0. The summed E-state index contributed by atoms with van der Waals surface area (Å²) in [4.78, 5) is 12.6. The highest BCUT2D eigenvalue weighted by atomic mass is 32.2. The Morgan fingerprint density at radius 2 is 1.88 bits per heavy atom. The summed E-state index contributed by atoms with van der Waals surface area (Å²) >= 11 is 1.34. The number of benzene rings is 2. The van der Waals surface area contributed by atoms with Crippen LogP contribution in [-0.2, 0) is 4.79 Å². The average molecular weight is 353 g/mol. The van der Waals surface area contributed by atoms with Crippen molar-refractivity contribution in [3.8, 4) is 5.69 Å². The zero-order valence-electron chi connectivity index (χ0n) is 14.1. The molecule has 0 spiro atoms. The highest BCUT2D eigenvalue weighted by Crippen LogP contribution is 2.34. The first-order valence-electron chi connectivity index (χ1n) is 8.03. The van der Waals surface area contributed by atoms with Crippen molar-refractivity contribution in [1.29, 1.82) is 0 Å². The molecule has 0 saturated heterocycles. The molecular formula is C18H19N5OS. The van der Waals surface area contributed by atoms with E-state index in [1.165, 1.54) is 11.8 Å². The number of thioether (sulfide) groups is 1. The maximum atomic E-state index is 12.6. The molecule has 0 aliphatic rings. The van der Waals surface area contributed by atoms with Crippen molar-refractivity contribution in [1.82, 2.24) is 25.5 Å². The van der Waals surface area contributed by atoms with E-state index in [9.17, 15) is 4.79 Å². The number of tetrazole rings is 1. The molecule has 25 heavy (non-hydrogen) atoms. The van der Waals surface area contributed by atoms with Gasteiger partial charge in [-0.2, -0.15) is 4.68 Å². The Balaban J connectivity index is 1.92. The molecule has 1 N–H and O–H groups in total. The van der Waals surface area contributed by atoms with Gasteiger partial charge in [0.2, 0.25) is 11.1 Å². The number of hydrogen-bond acceptors (Lipinski definition) is 5. The van der Waals surface area contributed by atoms with Crippen LogP contribution in [0, 0.1) is 6.92 Å². The minimum atomic E-state index is -0.420. The van der Waals surface area contributed by atoms with Gasteiger partial charge in [-0.05, 0) is 42.0 Å². The number of likely N-dealkylation sites (N-methyl/N-ethyl adjacent to an activating group) is 1. The molecule has 0 aliphatic carbocycles. The van der Waals surface area contributed by atoms with Crippen LogP contribution >= 0.6 is 11.8 Å². The molecule has 1 heterocycles. The number of rotatable bonds is 6. The van der Waals surface area contributed by atoms with Gasteiger partial charge >= 0.3 is 0 Å². The van der Waals surface area contributed by atoms with Gasteiger partial charge in [-0.15, -0.1) is 5.10 Å². The number of hydrogen-bond donors (Lipinski definition) is 1. The van der Waals surface area contributed by atoms with Crippen molar-refractivity contribution in [2.75, 3.05) is 6.54 Å². The molecule has 0 radical (unpaired) electrons. The number of carbonyl (C=O) groups excluding carboxylic acids is 1. The molecule has 3 aromatic rings. The van der Waals surface area contributed by atoms with E-state index in [2.05, 4.69) is 20.8 Å². The van der Waals surface area contributed by atoms with Gasteiger partial charge in [0, 0.05) is 6.54 Å². The highest BCUT2D eigenvalue weighted by Gasteiger charge is 2.24. The Labute approximate surface area is 150 Å². The van der Waals surface area contributed by atoms with Crippen LogP contribution in [0.5, 0.6) is 0 Å². The van der Waals surface area contributed by atoms with Crippen molar-refractivity contribution >= 4 is 17.7 Å². The molecular weight excluding hydrogens is 334 g/mol. The second-order valence-electron chi connectivity index (χ2n) is 5.51. The van der Waals surface area contributed by atoms with Gasteiger partial charge in [-0.3, -0.25) is 4.79 Å². The third kappa shape index (κ3) is 4.06. The topological polar surface area (TPSA) is 72.7 Å². The number of carbonyl (C=O) groups is 1. The fourth-order valence-electron chi connectivity index (χ4n) is 2.37. The van der Waals surface area contributed by atoms with E-state index in [1.54, 1.807) is 4.68 Å². The molecule has 7 heteroatoms. The van der Waals surface area contributed by atoms with Crippen LogP contribution in [0.3, 0.4) is 0 Å². The van der Waals surface area contributed by atoms with Crippen molar-refractivity contribution < 1.29 is 4.79 Å². The quantitative estimate of drug-likeness (QED) is 0.690. The summed E-state index contributed by atoms with van der Waals surface area (Å²) in [6, 6.07) is 17.6. The highest BCUT2D eigenvalue weighted by molar-refractivity contribution is 8.00. The fraction of sp³-hybridized carbons (Fsp3) is 0.222. The average Bonchev–Trinajstić information content (AvgIpc) is 3.09. The summed E-state index contributed by atoms with van der Waals surface area (Å²) < 4.78 is 1.65. The third-order valence-corrected chi connectivity index (χ3v) is 4.82. The van der Waals surface area contributed by atoms with Gasteiger partial charge in [-0.1, -0.05) is 59.8 Å². The summed E-state index contributed by atoms with van der Waals surface area (Å²) in [5.74, 6) is -0.0582. The van der Waals surface area contributed by atoms with Crippen LogP contribution in [0.15, 0.2) is 59.8 Å². The van der Waals surface area contributed by atoms with Crippen LogP contribution in [-0.4, -0.2) is 32.7 Å². The summed E-state index contributed by atoms with van der Waals surface area (Å²) in [5, 5.41) is 15.0. The van der Waals surface area contributed by atoms with E-state index < -0.39 is 5.25 Å². The maximum Gasteiger partial charge on any atom is 0.238 e. The Morgan fingerprint density at radius 3 is 2.56 bits per heavy atom. The third-order valence-electron chi connectivity index (χ3n) is 3.63. The number of nitrogens with one attached hydrogen (secondary N) is 1. The summed E-state index contributed by atoms with van der Waals surface area (Å²) in [7, 11) is 0. The van der Waals surface area contributed by atoms with E-state index in [1.807, 2.05) is 68.4 Å². The van der Waals surface area contributed by atoms with Crippen LogP contribution < -0.4 is 5.32 Å². The lowest BCUT2D eigenvalue weighted by Crippen LogP contribution is -2.27. The molecule has 2 aromatic carbocycles. The van der Waals surface area contributed by atoms with Gasteiger partial charge in [0.05, 0.1) is 5.69 Å². The van der Waals surface area contributed by atoms with Crippen LogP contribution in [0.2, 0.25) is 0 Å². The lowest BCUT2D eigenvalue weighted by atomic mass is 10.1. The van der Waals surface area contributed by atoms with Crippen LogP contribution in [0.1, 0.15) is 23.3 Å². The van der Waals surface area contributed by atoms with Crippen molar-refractivity contribution in [3.05, 3.63) is 65.7 Å². The number of aryl methyl sites for hydroxylation is 1. The van der Waals surface area contributed by atoms with Crippen molar-refractivity contribution in [3.63, 3.8) is 0 Å². The fourth-order valence-corrected chi connectivity index (χ4v) is 3.39. The van der Waals surface area contributed by atoms with Crippen molar-refractivity contribution in [2.45, 2.75) is 24.3 Å². The molecule has 1 atom stereocenters. The Bertz CT molecular complexity index is 832. The van der Waals surface area contributed by atoms with Crippen LogP contribution in [0.4, 0.5) is 0 Å². The van der Waals surface area contributed by atoms with Gasteiger partial charge in [0.25, 0.3) is 0 Å². The molecule has 0 aliphatic heterocycles. The number of amides is 1. The molecule has 0 fully saturated rings. The Morgan fingerprint density at radius 1 is 1.16 bits per heavy atom. The minimum Gasteiger partial charge on any atom is -0.355 e. The first-order chi connectivity index (χ1) is 12.2. The SMILES string of the molecule is CCNC(=O)C(Sc1nnnn1-c1ccc(C)cc1)c1ccccc1. The van der Waals surface area contributed by atoms with Gasteiger partial charge in [0.1, 0.15) is 5.25 Å². The van der Waals surface area contributed by atoms with Gasteiger partial charge in [-0.25, -0.2) is 0 Å².